The van der Waals surface area contributed by atoms with Crippen LogP contribution in [0, 0.1) is 0 Å². The second-order valence-electron chi connectivity index (χ2n) is 4.29. The van der Waals surface area contributed by atoms with Crippen LogP contribution in [0.4, 0.5) is 0 Å². The maximum Gasteiger partial charge on any atom is 0.271 e. The molecule has 2 rings (SSSR count). The largest absolute Gasteiger partial charge is 0.508 e. The van der Waals surface area contributed by atoms with Crippen LogP contribution in [0.25, 0.3) is 0 Å². The molecule has 0 bridgehead atoms. The van der Waals surface area contributed by atoms with Crippen LogP contribution in [-0.2, 0) is 0 Å². The molecule has 1 amide bonds. The van der Waals surface area contributed by atoms with Gasteiger partial charge >= 0.3 is 0 Å². The highest BCUT2D eigenvalue weighted by atomic mass is 79.9. The minimum atomic E-state index is -0.405. The van der Waals surface area contributed by atoms with Gasteiger partial charge in [0.15, 0.2) is 0 Å². The Labute approximate surface area is 135 Å². The van der Waals surface area contributed by atoms with Gasteiger partial charge in [-0.1, -0.05) is 0 Å². The van der Waals surface area contributed by atoms with E-state index in [0.717, 1.165) is 0 Å². The van der Waals surface area contributed by atoms with E-state index in [1.807, 2.05) is 0 Å². The number of benzene rings is 2. The summed E-state index contributed by atoms with van der Waals surface area (Å²) in [6.07, 6.45) is 1.28. The zero-order chi connectivity index (χ0) is 16.1. The van der Waals surface area contributed by atoms with E-state index in [9.17, 15) is 15.0 Å². The summed E-state index contributed by atoms with van der Waals surface area (Å²) in [7, 11) is 1.54. The third-order valence-corrected chi connectivity index (χ3v) is 3.42. The highest BCUT2D eigenvalue weighted by Gasteiger charge is 2.08. The second-order valence-corrected chi connectivity index (χ2v) is 5.15. The van der Waals surface area contributed by atoms with Crippen LogP contribution in [-0.4, -0.2) is 29.4 Å². The van der Waals surface area contributed by atoms with Crippen LogP contribution in [0.3, 0.4) is 0 Å². The highest BCUT2D eigenvalue weighted by molar-refractivity contribution is 9.10. The van der Waals surface area contributed by atoms with Gasteiger partial charge in [0.25, 0.3) is 5.91 Å². The SMILES string of the molecule is COc1ccc(C(=O)N/N=C/c2ccc(O)cc2O)cc1Br. The average Bonchev–Trinajstić information content (AvgIpc) is 2.49. The summed E-state index contributed by atoms with van der Waals surface area (Å²) in [6, 6.07) is 8.94. The van der Waals surface area contributed by atoms with Crippen LogP contribution in [0.2, 0.25) is 0 Å². The minimum absolute atomic E-state index is 0.0539. The molecule has 0 radical (unpaired) electrons. The van der Waals surface area contributed by atoms with E-state index >= 15 is 0 Å². The fourth-order valence-electron chi connectivity index (χ4n) is 1.67. The number of hydrazone groups is 1. The third-order valence-electron chi connectivity index (χ3n) is 2.80. The molecule has 0 aliphatic heterocycles. The summed E-state index contributed by atoms with van der Waals surface area (Å²) in [5, 5.41) is 22.5. The number of nitrogens with one attached hydrogen (secondary N) is 1. The molecule has 22 heavy (non-hydrogen) atoms. The van der Waals surface area contributed by atoms with Crippen LogP contribution in [0.15, 0.2) is 46.0 Å². The Morgan fingerprint density at radius 3 is 2.68 bits per heavy atom. The lowest BCUT2D eigenvalue weighted by atomic mass is 10.2. The molecule has 114 valence electrons. The number of halogens is 1. The van der Waals surface area contributed by atoms with Crippen LogP contribution < -0.4 is 10.2 Å². The minimum Gasteiger partial charge on any atom is -0.508 e. The smallest absolute Gasteiger partial charge is 0.271 e. The fraction of sp³-hybridized carbons (Fsp3) is 0.0667. The molecule has 0 aliphatic rings. The lowest BCUT2D eigenvalue weighted by molar-refractivity contribution is 0.0955. The number of amides is 1. The van der Waals surface area contributed by atoms with Crippen molar-refractivity contribution in [3.05, 3.63) is 52.0 Å². The number of rotatable bonds is 4. The molecule has 0 saturated carbocycles. The van der Waals surface area contributed by atoms with Gasteiger partial charge in [0, 0.05) is 17.2 Å². The lowest BCUT2D eigenvalue weighted by Gasteiger charge is -2.05. The molecule has 6 nitrogen and oxygen atoms in total. The molecule has 0 fully saturated rings. The van der Waals surface area contributed by atoms with Crippen molar-refractivity contribution in [1.29, 1.82) is 0 Å². The van der Waals surface area contributed by atoms with Crippen molar-refractivity contribution in [3.8, 4) is 17.2 Å². The van der Waals surface area contributed by atoms with E-state index in [0.29, 0.717) is 21.3 Å². The zero-order valence-electron chi connectivity index (χ0n) is 11.6. The van der Waals surface area contributed by atoms with Crippen molar-refractivity contribution in [1.82, 2.24) is 5.43 Å². The van der Waals surface area contributed by atoms with Crippen LogP contribution >= 0.6 is 15.9 Å². The van der Waals surface area contributed by atoms with E-state index in [-0.39, 0.29) is 11.5 Å². The van der Waals surface area contributed by atoms with Gasteiger partial charge < -0.3 is 14.9 Å². The summed E-state index contributed by atoms with van der Waals surface area (Å²) < 4.78 is 5.74. The first-order valence-corrected chi connectivity index (χ1v) is 6.99. The predicted molar refractivity (Wildman–Crippen MR) is 85.5 cm³/mol. The summed E-state index contributed by atoms with van der Waals surface area (Å²) in [5.41, 5.74) is 3.12. The van der Waals surface area contributed by atoms with Crippen molar-refractivity contribution >= 4 is 28.1 Å². The molecule has 0 unspecified atom stereocenters. The molecule has 2 aromatic carbocycles. The van der Waals surface area contributed by atoms with Crippen LogP contribution in [0.1, 0.15) is 15.9 Å². The zero-order valence-corrected chi connectivity index (χ0v) is 13.2. The van der Waals surface area contributed by atoms with Crippen molar-refractivity contribution in [2.24, 2.45) is 5.10 Å². The number of carbonyl (C=O) groups is 1. The van der Waals surface area contributed by atoms with E-state index in [1.165, 1.54) is 31.5 Å². The molecule has 7 heteroatoms. The molecule has 0 aliphatic carbocycles. The first kappa shape index (κ1) is 15.8. The normalized spacial score (nSPS) is 10.6. The molecule has 2 aromatic rings. The number of hydrogen-bond acceptors (Lipinski definition) is 5. The van der Waals surface area contributed by atoms with Gasteiger partial charge in [0.05, 0.1) is 17.8 Å². The Bertz CT molecular complexity index is 731. The maximum absolute atomic E-state index is 11.9. The van der Waals surface area contributed by atoms with Crippen molar-refractivity contribution in [3.63, 3.8) is 0 Å². The molecule has 0 spiro atoms. The summed E-state index contributed by atoms with van der Waals surface area (Å²) >= 11 is 3.30. The Morgan fingerprint density at radius 2 is 2.05 bits per heavy atom. The van der Waals surface area contributed by atoms with Gasteiger partial charge in [-0.25, -0.2) is 5.43 Å². The standard InChI is InChI=1S/C15H13BrN2O4/c1-22-14-5-3-9(6-12(14)16)15(21)18-17-8-10-2-4-11(19)7-13(10)20/h2-8,19-20H,1H3,(H,18,21)/b17-8+. The summed E-state index contributed by atoms with van der Waals surface area (Å²) in [4.78, 5) is 11.9. The van der Waals surface area contributed by atoms with Gasteiger partial charge in [-0.3, -0.25) is 4.79 Å². The Kier molecular flexibility index (Phi) is 5.00. The Hall–Kier alpha value is -2.54. The van der Waals surface area contributed by atoms with Gasteiger partial charge in [0.1, 0.15) is 17.2 Å². The molecular weight excluding hydrogens is 352 g/mol. The molecule has 0 aromatic heterocycles. The van der Waals surface area contributed by atoms with E-state index in [2.05, 4.69) is 26.5 Å². The second kappa shape index (κ2) is 6.95. The summed E-state index contributed by atoms with van der Waals surface area (Å²) in [5.74, 6) is 0.0268. The topological polar surface area (TPSA) is 91.2 Å². The number of hydrogen-bond donors (Lipinski definition) is 3. The first-order valence-electron chi connectivity index (χ1n) is 6.20. The van der Waals surface area contributed by atoms with Crippen molar-refractivity contribution < 1.29 is 19.7 Å². The molecular formula is C15H13BrN2O4. The van der Waals surface area contributed by atoms with Crippen LogP contribution in [0.5, 0.6) is 17.2 Å². The quantitative estimate of drug-likeness (QED) is 0.574. The average molecular weight is 365 g/mol. The van der Waals surface area contributed by atoms with Gasteiger partial charge in [-0.15, -0.1) is 0 Å². The number of methoxy groups -OCH3 is 1. The monoisotopic (exact) mass is 364 g/mol. The number of aromatic hydroxyl groups is 2. The molecule has 0 atom stereocenters. The fourth-order valence-corrected chi connectivity index (χ4v) is 2.21. The highest BCUT2D eigenvalue weighted by Crippen LogP contribution is 2.25. The van der Waals surface area contributed by atoms with E-state index in [1.54, 1.807) is 18.2 Å². The Balaban J connectivity index is 2.06. The van der Waals surface area contributed by atoms with E-state index < -0.39 is 5.91 Å². The molecule has 3 N–H and O–H groups in total. The van der Waals surface area contributed by atoms with Gasteiger partial charge in [-0.05, 0) is 46.3 Å². The number of phenols is 2. The van der Waals surface area contributed by atoms with Crippen molar-refractivity contribution in [2.75, 3.05) is 7.11 Å². The number of phenolic OH excluding ortho intramolecular Hbond substituents is 2. The number of carbonyl (C=O) groups excluding carboxylic acids is 1. The van der Waals surface area contributed by atoms with Crippen molar-refractivity contribution in [2.45, 2.75) is 0 Å². The first-order chi connectivity index (χ1) is 10.5. The van der Waals surface area contributed by atoms with E-state index in [4.69, 9.17) is 4.74 Å². The third kappa shape index (κ3) is 3.76. The van der Waals surface area contributed by atoms with Gasteiger partial charge in [-0.2, -0.15) is 5.10 Å². The number of ether oxygens (including phenoxy) is 1. The number of nitrogens with zero attached hydrogens (tertiary/aromatic N) is 1. The summed E-state index contributed by atoms with van der Waals surface area (Å²) in [6.45, 7) is 0. The lowest BCUT2D eigenvalue weighted by Crippen LogP contribution is -2.17. The Morgan fingerprint density at radius 1 is 1.27 bits per heavy atom. The predicted octanol–water partition coefficient (Wildman–Crippen LogP) is 2.63. The van der Waals surface area contributed by atoms with Gasteiger partial charge in [0.2, 0.25) is 0 Å². The maximum atomic E-state index is 11.9. The molecule has 0 heterocycles. The molecule has 0 saturated heterocycles.